The summed E-state index contributed by atoms with van der Waals surface area (Å²) in [5.74, 6) is 0.652. The molecule has 0 aliphatic heterocycles. The molecule has 1 aliphatic carbocycles. The van der Waals surface area contributed by atoms with Gasteiger partial charge in [0.15, 0.2) is 10.9 Å². The smallest absolute Gasteiger partial charge is 0.226 e. The highest BCUT2D eigenvalue weighted by atomic mass is 32.1. The van der Waals surface area contributed by atoms with Gasteiger partial charge in [-0.25, -0.2) is 4.98 Å². The van der Waals surface area contributed by atoms with Crippen molar-refractivity contribution in [1.82, 2.24) is 4.98 Å². The van der Waals surface area contributed by atoms with Crippen LogP contribution >= 0.6 is 11.3 Å². The molecule has 0 radical (unpaired) electrons. The van der Waals surface area contributed by atoms with Crippen LogP contribution in [0.2, 0.25) is 0 Å². The quantitative estimate of drug-likeness (QED) is 0.456. The van der Waals surface area contributed by atoms with E-state index in [4.69, 9.17) is 4.74 Å². The lowest BCUT2D eigenvalue weighted by Gasteiger charge is -2.16. The van der Waals surface area contributed by atoms with Gasteiger partial charge in [0.05, 0.1) is 12.8 Å². The van der Waals surface area contributed by atoms with Crippen molar-refractivity contribution in [3.05, 3.63) is 63.5 Å². The average Bonchev–Trinajstić information content (AvgIpc) is 3.16. The van der Waals surface area contributed by atoms with E-state index in [1.54, 1.807) is 7.11 Å². The van der Waals surface area contributed by atoms with E-state index in [1.807, 2.05) is 44.2 Å². The average molecular weight is 449 g/mol. The van der Waals surface area contributed by atoms with Gasteiger partial charge in [0.25, 0.3) is 0 Å². The van der Waals surface area contributed by atoms with Crippen LogP contribution in [-0.4, -0.2) is 23.8 Å². The van der Waals surface area contributed by atoms with Crippen molar-refractivity contribution in [1.29, 1.82) is 0 Å². The van der Waals surface area contributed by atoms with Crippen LogP contribution in [0.15, 0.2) is 36.4 Å². The van der Waals surface area contributed by atoms with Crippen LogP contribution in [0.5, 0.6) is 5.75 Å². The minimum absolute atomic E-state index is 0.0123. The maximum Gasteiger partial charge on any atom is 0.226 e. The molecule has 1 amide bonds. The number of nitrogens with one attached hydrogen (secondary N) is 1. The Morgan fingerprint density at radius 1 is 1.03 bits per heavy atom. The van der Waals surface area contributed by atoms with Gasteiger partial charge in [-0.15, -0.1) is 11.3 Å². The van der Waals surface area contributed by atoms with Crippen LogP contribution in [0.3, 0.4) is 0 Å². The fourth-order valence-corrected chi connectivity index (χ4v) is 5.06. The zero-order chi connectivity index (χ0) is 22.7. The topological polar surface area (TPSA) is 68.3 Å². The molecule has 0 saturated carbocycles. The van der Waals surface area contributed by atoms with Crippen molar-refractivity contribution in [3.63, 3.8) is 0 Å². The van der Waals surface area contributed by atoms with Gasteiger partial charge in [-0.05, 0) is 80.5 Å². The van der Waals surface area contributed by atoms with Gasteiger partial charge in [-0.3, -0.25) is 9.59 Å². The van der Waals surface area contributed by atoms with Gasteiger partial charge in [0, 0.05) is 28.8 Å². The highest BCUT2D eigenvalue weighted by molar-refractivity contribution is 7.16. The summed E-state index contributed by atoms with van der Waals surface area (Å²) in [6.45, 7) is 3.98. The zero-order valence-electron chi connectivity index (χ0n) is 18.8. The standard InChI is InChI=1S/C26H28N2O3S/c1-16-14-21(10-12-23(16)31-3)25-17(2)32-26(28-25)27-24(30)13-11-22(29)20-9-8-18-6-4-5-7-19(18)15-20/h8-10,12,14-15H,4-7,11,13H2,1-3H3,(H,27,28,30). The molecule has 0 fully saturated rings. The van der Waals surface area contributed by atoms with Gasteiger partial charge in [-0.1, -0.05) is 12.1 Å². The normalized spacial score (nSPS) is 12.8. The summed E-state index contributed by atoms with van der Waals surface area (Å²) in [4.78, 5) is 30.7. The first-order chi connectivity index (χ1) is 15.4. The number of nitrogens with zero attached hydrogens (tertiary/aromatic N) is 1. The minimum Gasteiger partial charge on any atom is -0.496 e. The van der Waals surface area contributed by atoms with Crippen molar-refractivity contribution in [2.45, 2.75) is 52.4 Å². The third-order valence-electron chi connectivity index (χ3n) is 5.96. The third kappa shape index (κ3) is 4.91. The van der Waals surface area contributed by atoms with Gasteiger partial charge in [-0.2, -0.15) is 0 Å². The molecule has 1 heterocycles. The number of hydrogen-bond donors (Lipinski definition) is 1. The first kappa shape index (κ1) is 22.2. The van der Waals surface area contributed by atoms with Crippen LogP contribution < -0.4 is 10.1 Å². The second-order valence-corrected chi connectivity index (χ2v) is 9.47. The number of aromatic nitrogens is 1. The number of anilines is 1. The number of thiazole rings is 1. The van der Waals surface area contributed by atoms with Crippen LogP contribution in [-0.2, 0) is 17.6 Å². The van der Waals surface area contributed by atoms with Crippen LogP contribution in [0.1, 0.15) is 57.6 Å². The van der Waals surface area contributed by atoms with Crippen molar-refractivity contribution in [2.75, 3.05) is 12.4 Å². The van der Waals surface area contributed by atoms with Crippen LogP contribution in [0.4, 0.5) is 5.13 Å². The van der Waals surface area contributed by atoms with E-state index in [0.717, 1.165) is 40.3 Å². The number of Topliss-reactive ketones (excluding diaryl/α,β-unsaturated/α-hetero) is 1. The molecule has 0 bridgehead atoms. The summed E-state index contributed by atoms with van der Waals surface area (Å²) in [7, 11) is 1.65. The maximum atomic E-state index is 12.6. The molecule has 166 valence electrons. The molecule has 1 N–H and O–H groups in total. The van der Waals surface area contributed by atoms with Gasteiger partial charge in [0.2, 0.25) is 5.91 Å². The predicted molar refractivity (Wildman–Crippen MR) is 129 cm³/mol. The molecular weight excluding hydrogens is 420 g/mol. The Labute approximate surface area is 192 Å². The Morgan fingerprint density at radius 3 is 2.56 bits per heavy atom. The van der Waals surface area contributed by atoms with E-state index < -0.39 is 0 Å². The minimum atomic E-state index is -0.192. The Balaban J connectivity index is 1.37. The first-order valence-corrected chi connectivity index (χ1v) is 11.8. The lowest BCUT2D eigenvalue weighted by atomic mass is 9.89. The lowest BCUT2D eigenvalue weighted by molar-refractivity contribution is -0.116. The Hall–Kier alpha value is -2.99. The third-order valence-corrected chi connectivity index (χ3v) is 6.85. The molecule has 2 aromatic carbocycles. The van der Waals surface area contributed by atoms with Gasteiger partial charge >= 0.3 is 0 Å². The molecule has 0 saturated heterocycles. The number of carbonyl (C=O) groups is 2. The summed E-state index contributed by atoms with van der Waals surface area (Å²) < 4.78 is 5.33. The van der Waals surface area contributed by atoms with Crippen molar-refractivity contribution < 1.29 is 14.3 Å². The summed E-state index contributed by atoms with van der Waals surface area (Å²) in [6, 6.07) is 11.9. The van der Waals surface area contributed by atoms with E-state index in [2.05, 4.69) is 16.4 Å². The van der Waals surface area contributed by atoms with E-state index in [-0.39, 0.29) is 24.5 Å². The number of methoxy groups -OCH3 is 1. The number of ether oxygens (including phenoxy) is 1. The summed E-state index contributed by atoms with van der Waals surface area (Å²) in [6.07, 6.45) is 4.87. The largest absolute Gasteiger partial charge is 0.496 e. The molecule has 32 heavy (non-hydrogen) atoms. The van der Waals surface area contributed by atoms with E-state index in [0.29, 0.717) is 10.7 Å². The molecule has 1 aliphatic rings. The fourth-order valence-electron chi connectivity index (χ4n) is 4.20. The van der Waals surface area contributed by atoms with Crippen molar-refractivity contribution in [2.24, 2.45) is 0 Å². The predicted octanol–water partition coefficient (Wildman–Crippen LogP) is 5.92. The Bertz CT molecular complexity index is 1170. The fraction of sp³-hybridized carbons (Fsp3) is 0.346. The number of benzene rings is 2. The number of ketones is 1. The second-order valence-electron chi connectivity index (χ2n) is 8.27. The van der Waals surface area contributed by atoms with Crippen LogP contribution in [0.25, 0.3) is 11.3 Å². The molecule has 4 rings (SSSR count). The lowest BCUT2D eigenvalue weighted by Crippen LogP contribution is -2.14. The SMILES string of the molecule is COc1ccc(-c2nc(NC(=O)CCC(=O)c3ccc4c(c3)CCCC4)sc2C)cc1C. The molecule has 0 unspecified atom stereocenters. The van der Waals surface area contributed by atoms with Gasteiger partial charge < -0.3 is 10.1 Å². The summed E-state index contributed by atoms with van der Waals surface area (Å²) in [5, 5.41) is 3.41. The van der Waals surface area contributed by atoms with E-state index in [9.17, 15) is 9.59 Å². The number of carbonyl (C=O) groups excluding carboxylic acids is 2. The first-order valence-electron chi connectivity index (χ1n) is 11.0. The Kier molecular flexibility index (Phi) is 6.70. The molecule has 3 aromatic rings. The molecule has 6 heteroatoms. The van der Waals surface area contributed by atoms with E-state index >= 15 is 0 Å². The molecule has 0 spiro atoms. The molecular formula is C26H28N2O3S. The van der Waals surface area contributed by atoms with Crippen molar-refractivity contribution in [3.8, 4) is 17.0 Å². The van der Waals surface area contributed by atoms with Crippen molar-refractivity contribution >= 4 is 28.2 Å². The highest BCUT2D eigenvalue weighted by Crippen LogP contribution is 2.33. The van der Waals surface area contributed by atoms with Gasteiger partial charge in [0.1, 0.15) is 5.75 Å². The second kappa shape index (κ2) is 9.65. The number of hydrogen-bond acceptors (Lipinski definition) is 5. The Morgan fingerprint density at radius 2 is 1.81 bits per heavy atom. The summed E-state index contributed by atoms with van der Waals surface area (Å²) >= 11 is 1.44. The van der Waals surface area contributed by atoms with Crippen LogP contribution in [0, 0.1) is 13.8 Å². The number of fused-ring (bicyclic) bond motifs is 1. The maximum absolute atomic E-state index is 12.6. The molecule has 0 atom stereocenters. The molecule has 5 nitrogen and oxygen atoms in total. The van der Waals surface area contributed by atoms with E-state index in [1.165, 1.54) is 35.3 Å². The monoisotopic (exact) mass is 448 g/mol. The number of aryl methyl sites for hydroxylation is 4. The summed E-state index contributed by atoms with van der Waals surface area (Å²) in [5.41, 5.74) is 6.21. The molecule has 1 aromatic heterocycles. The number of rotatable bonds is 7. The highest BCUT2D eigenvalue weighted by Gasteiger charge is 2.16. The number of amides is 1. The zero-order valence-corrected chi connectivity index (χ0v) is 19.6.